The molecule has 2 N–H and O–H groups in total. The fourth-order valence-corrected chi connectivity index (χ4v) is 2.67. The van der Waals surface area contributed by atoms with E-state index in [1.54, 1.807) is 43.3 Å². The average molecular weight is 350 g/mol. The minimum absolute atomic E-state index is 0.113. The van der Waals surface area contributed by atoms with Crippen LogP contribution in [0.3, 0.4) is 0 Å². The predicted octanol–water partition coefficient (Wildman–Crippen LogP) is 2.80. The van der Waals surface area contributed by atoms with Gasteiger partial charge in [-0.25, -0.2) is 4.79 Å². The third-order valence-corrected chi connectivity index (χ3v) is 4.05. The molecule has 0 fully saturated rings. The first-order valence-electron chi connectivity index (χ1n) is 8.07. The van der Waals surface area contributed by atoms with Crippen LogP contribution in [-0.4, -0.2) is 24.0 Å². The van der Waals surface area contributed by atoms with Gasteiger partial charge in [0.15, 0.2) is 0 Å². The molecule has 1 amide bonds. The standard InChI is InChI=1S/C20H18N2O4/c1-12-9-15-10-13(3-8-17(15)22-19(12)24)11-18(23)21-16-6-4-14(5-7-16)20(25)26-2/h3-10H,11H2,1-2H3,(H,21,23)(H,22,24). The number of aromatic nitrogens is 1. The highest BCUT2D eigenvalue weighted by atomic mass is 16.5. The van der Waals surface area contributed by atoms with E-state index in [2.05, 4.69) is 15.0 Å². The average Bonchev–Trinajstić information content (AvgIpc) is 2.63. The first kappa shape index (κ1) is 17.4. The lowest BCUT2D eigenvalue weighted by molar-refractivity contribution is -0.115. The molecule has 0 bridgehead atoms. The van der Waals surface area contributed by atoms with E-state index in [1.165, 1.54) is 7.11 Å². The number of hydrogen-bond donors (Lipinski definition) is 2. The first-order chi connectivity index (χ1) is 12.5. The maximum absolute atomic E-state index is 12.3. The normalized spacial score (nSPS) is 10.5. The summed E-state index contributed by atoms with van der Waals surface area (Å²) in [7, 11) is 1.32. The Morgan fingerprint density at radius 1 is 1.08 bits per heavy atom. The molecule has 0 aliphatic carbocycles. The Balaban J connectivity index is 1.71. The molecule has 1 heterocycles. The van der Waals surface area contributed by atoms with Crippen LogP contribution in [0.15, 0.2) is 53.3 Å². The molecule has 132 valence electrons. The molecule has 0 radical (unpaired) electrons. The molecule has 0 saturated carbocycles. The highest BCUT2D eigenvalue weighted by Gasteiger charge is 2.08. The molecule has 0 atom stereocenters. The summed E-state index contributed by atoms with van der Waals surface area (Å²) in [6.07, 6.45) is 0.201. The van der Waals surface area contributed by atoms with E-state index in [-0.39, 0.29) is 17.9 Å². The van der Waals surface area contributed by atoms with Gasteiger partial charge >= 0.3 is 5.97 Å². The van der Waals surface area contributed by atoms with Gasteiger partial charge in [-0.3, -0.25) is 9.59 Å². The molecule has 0 unspecified atom stereocenters. The smallest absolute Gasteiger partial charge is 0.337 e. The van der Waals surface area contributed by atoms with Crippen LogP contribution in [0, 0.1) is 6.92 Å². The Morgan fingerprint density at radius 2 is 1.81 bits per heavy atom. The van der Waals surface area contributed by atoms with Gasteiger partial charge in [0, 0.05) is 16.8 Å². The second kappa shape index (κ2) is 7.23. The van der Waals surface area contributed by atoms with E-state index in [0.29, 0.717) is 16.8 Å². The van der Waals surface area contributed by atoms with Crippen LogP contribution in [-0.2, 0) is 16.0 Å². The minimum atomic E-state index is -0.424. The van der Waals surface area contributed by atoms with Crippen molar-refractivity contribution in [1.82, 2.24) is 4.98 Å². The van der Waals surface area contributed by atoms with E-state index in [4.69, 9.17) is 0 Å². The molecule has 6 nitrogen and oxygen atoms in total. The SMILES string of the molecule is COC(=O)c1ccc(NC(=O)Cc2ccc3[nH]c(=O)c(C)cc3c2)cc1. The molecule has 0 spiro atoms. The molecule has 1 aromatic heterocycles. The number of aromatic amines is 1. The molecular formula is C20H18N2O4. The van der Waals surface area contributed by atoms with Gasteiger partial charge in [0.25, 0.3) is 5.56 Å². The third kappa shape index (κ3) is 3.80. The molecule has 0 saturated heterocycles. The Bertz CT molecular complexity index is 1040. The summed E-state index contributed by atoms with van der Waals surface area (Å²) in [4.78, 5) is 38.1. The second-order valence-electron chi connectivity index (χ2n) is 6.00. The van der Waals surface area contributed by atoms with Gasteiger partial charge < -0.3 is 15.0 Å². The van der Waals surface area contributed by atoms with Crippen LogP contribution in [0.25, 0.3) is 10.9 Å². The van der Waals surface area contributed by atoms with Crippen molar-refractivity contribution in [3.8, 4) is 0 Å². The molecule has 0 aliphatic heterocycles. The van der Waals surface area contributed by atoms with Crippen molar-refractivity contribution >= 4 is 28.5 Å². The number of H-pyrrole nitrogens is 1. The maximum atomic E-state index is 12.3. The van der Waals surface area contributed by atoms with Gasteiger partial charge in [-0.2, -0.15) is 0 Å². The van der Waals surface area contributed by atoms with Crippen molar-refractivity contribution in [3.05, 3.63) is 75.6 Å². The Hall–Kier alpha value is -3.41. The van der Waals surface area contributed by atoms with Crippen LogP contribution in [0.5, 0.6) is 0 Å². The number of methoxy groups -OCH3 is 1. The largest absolute Gasteiger partial charge is 0.465 e. The number of esters is 1. The van der Waals surface area contributed by atoms with Gasteiger partial charge in [-0.15, -0.1) is 0 Å². The van der Waals surface area contributed by atoms with Crippen LogP contribution < -0.4 is 10.9 Å². The lowest BCUT2D eigenvalue weighted by Crippen LogP contribution is -2.14. The zero-order valence-electron chi connectivity index (χ0n) is 14.5. The van der Waals surface area contributed by atoms with Gasteiger partial charge in [0.2, 0.25) is 5.91 Å². The highest BCUT2D eigenvalue weighted by molar-refractivity contribution is 5.94. The number of aryl methyl sites for hydroxylation is 1. The number of anilines is 1. The molecule has 3 rings (SSSR count). The number of carbonyl (C=O) groups excluding carboxylic acids is 2. The van der Waals surface area contributed by atoms with E-state index < -0.39 is 5.97 Å². The fourth-order valence-electron chi connectivity index (χ4n) is 2.67. The van der Waals surface area contributed by atoms with Crippen molar-refractivity contribution in [1.29, 1.82) is 0 Å². The predicted molar refractivity (Wildman–Crippen MR) is 99.4 cm³/mol. The first-order valence-corrected chi connectivity index (χ1v) is 8.07. The Labute approximate surface area is 149 Å². The monoisotopic (exact) mass is 350 g/mol. The second-order valence-corrected chi connectivity index (χ2v) is 6.00. The number of amides is 1. The number of rotatable bonds is 4. The summed E-state index contributed by atoms with van der Waals surface area (Å²) in [5, 5.41) is 3.68. The van der Waals surface area contributed by atoms with E-state index in [1.807, 2.05) is 12.1 Å². The summed E-state index contributed by atoms with van der Waals surface area (Å²) in [5.41, 5.74) is 3.12. The number of carbonyl (C=O) groups is 2. The summed E-state index contributed by atoms with van der Waals surface area (Å²) in [6.45, 7) is 1.75. The van der Waals surface area contributed by atoms with Crippen LogP contribution in [0.1, 0.15) is 21.5 Å². The minimum Gasteiger partial charge on any atom is -0.465 e. The van der Waals surface area contributed by atoms with Crippen LogP contribution in [0.4, 0.5) is 5.69 Å². The zero-order valence-corrected chi connectivity index (χ0v) is 14.5. The molecule has 6 heteroatoms. The number of nitrogens with one attached hydrogen (secondary N) is 2. The number of pyridine rings is 1. The molecule has 2 aromatic carbocycles. The molecular weight excluding hydrogens is 332 g/mol. The summed E-state index contributed by atoms with van der Waals surface area (Å²) >= 11 is 0. The van der Waals surface area contributed by atoms with E-state index in [9.17, 15) is 14.4 Å². The van der Waals surface area contributed by atoms with Crippen molar-refractivity contribution in [2.45, 2.75) is 13.3 Å². The summed E-state index contributed by atoms with van der Waals surface area (Å²) in [5.74, 6) is -0.594. The van der Waals surface area contributed by atoms with Crippen molar-refractivity contribution < 1.29 is 14.3 Å². The maximum Gasteiger partial charge on any atom is 0.337 e. The van der Waals surface area contributed by atoms with E-state index in [0.717, 1.165) is 16.5 Å². The Kier molecular flexibility index (Phi) is 4.84. The highest BCUT2D eigenvalue weighted by Crippen LogP contribution is 2.15. The zero-order chi connectivity index (χ0) is 18.7. The number of fused-ring (bicyclic) bond motifs is 1. The molecule has 26 heavy (non-hydrogen) atoms. The van der Waals surface area contributed by atoms with E-state index >= 15 is 0 Å². The van der Waals surface area contributed by atoms with Crippen molar-refractivity contribution in [2.75, 3.05) is 12.4 Å². The quantitative estimate of drug-likeness (QED) is 0.708. The van der Waals surface area contributed by atoms with Crippen LogP contribution >= 0.6 is 0 Å². The van der Waals surface area contributed by atoms with Crippen LogP contribution in [0.2, 0.25) is 0 Å². The lowest BCUT2D eigenvalue weighted by atomic mass is 10.1. The Morgan fingerprint density at radius 3 is 2.50 bits per heavy atom. The summed E-state index contributed by atoms with van der Waals surface area (Å²) in [6, 6.07) is 13.8. The summed E-state index contributed by atoms with van der Waals surface area (Å²) < 4.78 is 4.64. The molecule has 0 aliphatic rings. The fraction of sp³-hybridized carbons (Fsp3) is 0.150. The lowest BCUT2D eigenvalue weighted by Gasteiger charge is -2.07. The van der Waals surface area contributed by atoms with Crippen molar-refractivity contribution in [2.24, 2.45) is 0 Å². The number of hydrogen-bond acceptors (Lipinski definition) is 4. The van der Waals surface area contributed by atoms with Gasteiger partial charge in [0.1, 0.15) is 0 Å². The number of benzene rings is 2. The van der Waals surface area contributed by atoms with Gasteiger partial charge in [-0.1, -0.05) is 6.07 Å². The number of ether oxygens (including phenoxy) is 1. The topological polar surface area (TPSA) is 88.3 Å². The van der Waals surface area contributed by atoms with Gasteiger partial charge in [-0.05, 0) is 60.3 Å². The van der Waals surface area contributed by atoms with Gasteiger partial charge in [0.05, 0.1) is 19.1 Å². The third-order valence-electron chi connectivity index (χ3n) is 4.05. The van der Waals surface area contributed by atoms with Crippen molar-refractivity contribution in [3.63, 3.8) is 0 Å². The molecule has 3 aromatic rings.